The molecule has 0 saturated carbocycles. The van der Waals surface area contributed by atoms with Crippen LogP contribution in [0.3, 0.4) is 0 Å². The minimum Gasteiger partial charge on any atom is -1.00 e. The van der Waals surface area contributed by atoms with Crippen molar-refractivity contribution in [1.29, 1.82) is 0 Å². The summed E-state index contributed by atoms with van der Waals surface area (Å²) in [6, 6.07) is 0. The van der Waals surface area contributed by atoms with Gasteiger partial charge in [0.25, 0.3) is 0 Å². The van der Waals surface area contributed by atoms with Gasteiger partial charge in [-0.3, -0.25) is 4.84 Å². The van der Waals surface area contributed by atoms with E-state index >= 15 is 0 Å². The molecule has 0 spiro atoms. The van der Waals surface area contributed by atoms with Gasteiger partial charge in [0, 0.05) is 0 Å². The van der Waals surface area contributed by atoms with Crippen molar-refractivity contribution in [1.82, 2.24) is 5.06 Å². The quantitative estimate of drug-likeness (QED) is 0.0523. The molecule has 16 heteroatoms. The van der Waals surface area contributed by atoms with Crippen molar-refractivity contribution in [3.05, 3.63) is 0 Å². The number of aliphatic hydroxyl groups is 9. The third kappa shape index (κ3) is 7.11. The standard InChI is InChI=1S/C16H31NO13.HI.Na/c1-6(20)17(7(2)21)27-4-9-10(22)12(24)13(25)15(28-9)30-16(5-19)14(26)11(23)8(3-18)29-16;;/h6-15,18-26H,3-5H2,1-2H3;1H;/q;;+1/p-1/t6?,7?,8-,9-,10-,11-,12+,13-,14+,15-,16+;;/m1../s1. The van der Waals surface area contributed by atoms with Gasteiger partial charge in [-0.2, -0.15) is 0 Å². The summed E-state index contributed by atoms with van der Waals surface area (Å²) in [6.45, 7) is 0.401. The number of nitrogens with zero attached hydrogens (tertiary/aromatic N) is 1. The molecule has 2 saturated heterocycles. The van der Waals surface area contributed by atoms with Crippen molar-refractivity contribution in [3.63, 3.8) is 0 Å². The largest absolute Gasteiger partial charge is 1.00 e. The molecule has 2 heterocycles. The summed E-state index contributed by atoms with van der Waals surface area (Å²) in [5.74, 6) is -2.29. The first-order valence-corrected chi connectivity index (χ1v) is 9.39. The second-order valence-corrected chi connectivity index (χ2v) is 7.30. The molecule has 0 amide bonds. The Morgan fingerprint density at radius 2 is 1.47 bits per heavy atom. The molecule has 9 N–H and O–H groups in total. The zero-order valence-electron chi connectivity index (χ0n) is 17.9. The normalized spacial score (nSPS) is 41.6. The van der Waals surface area contributed by atoms with E-state index in [9.17, 15) is 46.0 Å². The molecular formula is C16H31INNaO13. The van der Waals surface area contributed by atoms with Gasteiger partial charge in [-0.05, 0) is 13.8 Å². The molecule has 14 nitrogen and oxygen atoms in total. The van der Waals surface area contributed by atoms with Gasteiger partial charge in [-0.1, -0.05) is 0 Å². The van der Waals surface area contributed by atoms with E-state index in [0.717, 1.165) is 5.06 Å². The first-order valence-electron chi connectivity index (χ1n) is 9.39. The number of hydrogen-bond acceptors (Lipinski definition) is 14. The summed E-state index contributed by atoms with van der Waals surface area (Å²) in [6.07, 6.45) is -15.7. The maximum absolute atomic E-state index is 10.2. The molecule has 2 fully saturated rings. The average molecular weight is 595 g/mol. The van der Waals surface area contributed by atoms with E-state index < -0.39 is 87.1 Å². The molecule has 0 aromatic heterocycles. The van der Waals surface area contributed by atoms with E-state index in [2.05, 4.69) is 0 Å². The molecule has 0 aromatic rings. The molecule has 32 heavy (non-hydrogen) atoms. The second-order valence-electron chi connectivity index (χ2n) is 7.30. The van der Waals surface area contributed by atoms with Gasteiger partial charge >= 0.3 is 29.6 Å². The monoisotopic (exact) mass is 595 g/mol. The van der Waals surface area contributed by atoms with E-state index in [0.29, 0.717) is 0 Å². The van der Waals surface area contributed by atoms with Crippen LogP contribution >= 0.6 is 0 Å². The summed E-state index contributed by atoms with van der Waals surface area (Å²) in [5.41, 5.74) is 0. The number of halogens is 1. The van der Waals surface area contributed by atoms with E-state index in [1.165, 1.54) is 13.8 Å². The molecule has 0 radical (unpaired) electrons. The summed E-state index contributed by atoms with van der Waals surface area (Å²) in [7, 11) is 0. The van der Waals surface area contributed by atoms with Gasteiger partial charge in [-0.15, -0.1) is 5.06 Å². The summed E-state index contributed by atoms with van der Waals surface area (Å²) < 4.78 is 16.0. The van der Waals surface area contributed by atoms with Crippen LogP contribution in [0.4, 0.5) is 0 Å². The molecular weight excluding hydrogens is 564 g/mol. The number of ether oxygens (including phenoxy) is 3. The molecule has 2 aliphatic rings. The smallest absolute Gasteiger partial charge is 1.00 e. The third-order valence-corrected chi connectivity index (χ3v) is 5.01. The van der Waals surface area contributed by atoms with Crippen LogP contribution in [0.25, 0.3) is 0 Å². The van der Waals surface area contributed by atoms with Gasteiger partial charge in [-0.25, -0.2) is 0 Å². The van der Waals surface area contributed by atoms with Crippen LogP contribution in [0.5, 0.6) is 0 Å². The maximum atomic E-state index is 10.2. The van der Waals surface area contributed by atoms with Crippen LogP contribution in [0, 0.1) is 0 Å². The Bertz CT molecular complexity index is 544. The van der Waals surface area contributed by atoms with Crippen LogP contribution in [0.2, 0.25) is 0 Å². The van der Waals surface area contributed by atoms with E-state index in [1.54, 1.807) is 0 Å². The number of hydrogen-bond donors (Lipinski definition) is 9. The first-order chi connectivity index (χ1) is 14.0. The molecule has 0 aromatic carbocycles. The number of rotatable bonds is 9. The fraction of sp³-hybridized carbons (Fsp3) is 1.00. The minimum atomic E-state index is -2.29. The Morgan fingerprint density at radius 1 is 0.906 bits per heavy atom. The topological polar surface area (TPSA) is 222 Å². The van der Waals surface area contributed by atoms with Crippen LogP contribution in [0.1, 0.15) is 13.8 Å². The fourth-order valence-electron chi connectivity index (χ4n) is 3.31. The molecule has 0 aliphatic carbocycles. The molecule has 0 bridgehead atoms. The fourth-order valence-corrected chi connectivity index (χ4v) is 3.31. The summed E-state index contributed by atoms with van der Waals surface area (Å²) >= 11 is 0. The van der Waals surface area contributed by atoms with Crippen molar-refractivity contribution in [3.8, 4) is 0 Å². The van der Waals surface area contributed by atoms with Crippen molar-refractivity contribution >= 4 is 0 Å². The molecule has 11 atom stereocenters. The van der Waals surface area contributed by atoms with E-state index in [-0.39, 0.29) is 53.5 Å². The van der Waals surface area contributed by atoms with Gasteiger partial charge < -0.3 is 84.1 Å². The Kier molecular flexibility index (Phi) is 14.6. The van der Waals surface area contributed by atoms with Crippen molar-refractivity contribution in [2.24, 2.45) is 0 Å². The van der Waals surface area contributed by atoms with E-state index in [1.807, 2.05) is 0 Å². The number of hydroxylamine groups is 2. The van der Waals surface area contributed by atoms with Gasteiger partial charge in [0.05, 0.1) is 13.2 Å². The maximum Gasteiger partial charge on any atom is 1.00 e. The SMILES string of the molecule is CC(O)N(OC[C@H]1O[C@H](O[C@]2(CO)O[C@H](CO)[C@@H](O)[C@@H]2O)[C@H](O)[C@@H](O)[C@@H]1O)C(C)O.[I-].[Na+]. The zero-order chi connectivity index (χ0) is 22.8. The third-order valence-electron chi connectivity index (χ3n) is 5.01. The van der Waals surface area contributed by atoms with Crippen molar-refractivity contribution < 1.29 is 119 Å². The second kappa shape index (κ2) is 14.0. The van der Waals surface area contributed by atoms with Crippen LogP contribution in [-0.2, 0) is 19.0 Å². The van der Waals surface area contributed by atoms with Crippen molar-refractivity contribution in [2.75, 3.05) is 19.8 Å². The predicted molar refractivity (Wildman–Crippen MR) is 92.7 cm³/mol. The zero-order valence-corrected chi connectivity index (χ0v) is 22.0. The Balaban J connectivity index is 0.00000480. The Labute approximate surface area is 223 Å². The van der Waals surface area contributed by atoms with Gasteiger partial charge in [0.15, 0.2) is 6.29 Å². The van der Waals surface area contributed by atoms with Crippen LogP contribution < -0.4 is 53.5 Å². The van der Waals surface area contributed by atoms with Crippen LogP contribution in [-0.4, -0.2) is 138 Å². The molecule has 186 valence electrons. The number of aliphatic hydroxyl groups excluding tert-OH is 9. The Hall–Kier alpha value is 1.17. The minimum absolute atomic E-state index is 0. The summed E-state index contributed by atoms with van der Waals surface area (Å²) in [4.78, 5) is 5.20. The van der Waals surface area contributed by atoms with Gasteiger partial charge in [0.2, 0.25) is 5.79 Å². The molecule has 2 unspecified atom stereocenters. The Morgan fingerprint density at radius 3 is 1.91 bits per heavy atom. The molecule has 2 rings (SSSR count). The predicted octanol–water partition coefficient (Wildman–Crippen LogP) is -11.5. The summed E-state index contributed by atoms with van der Waals surface area (Å²) in [5, 5.41) is 89.5. The van der Waals surface area contributed by atoms with Gasteiger partial charge in [0.1, 0.15) is 61.8 Å². The van der Waals surface area contributed by atoms with E-state index in [4.69, 9.17) is 19.0 Å². The average Bonchev–Trinajstić information content (AvgIpc) is 2.94. The van der Waals surface area contributed by atoms with Crippen LogP contribution in [0.15, 0.2) is 0 Å². The van der Waals surface area contributed by atoms with Crippen molar-refractivity contribution in [2.45, 2.75) is 81.1 Å². The molecule has 2 aliphatic heterocycles. The first kappa shape index (κ1) is 33.2.